The van der Waals surface area contributed by atoms with Gasteiger partial charge in [-0.05, 0) is 40.2 Å². The van der Waals surface area contributed by atoms with Crippen LogP contribution in [-0.2, 0) is 17.8 Å². The number of benzene rings is 2. The minimum Gasteiger partial charge on any atom is -0.357 e. The van der Waals surface area contributed by atoms with Crippen LogP contribution in [-0.4, -0.2) is 34.8 Å². The van der Waals surface area contributed by atoms with Gasteiger partial charge in [0.15, 0.2) is 11.6 Å². The lowest BCUT2D eigenvalue weighted by Crippen LogP contribution is -2.42. The van der Waals surface area contributed by atoms with E-state index in [2.05, 4.69) is 26.2 Å². The summed E-state index contributed by atoms with van der Waals surface area (Å²) < 4.78 is 27.2. The Bertz CT molecular complexity index is 1100. The number of H-pyrrole nitrogens is 1. The summed E-state index contributed by atoms with van der Waals surface area (Å²) in [7, 11) is 0. The van der Waals surface area contributed by atoms with Crippen LogP contribution in [0.1, 0.15) is 21.6 Å². The highest BCUT2D eigenvalue weighted by atomic mass is 79.9. The third kappa shape index (κ3) is 3.40. The van der Waals surface area contributed by atoms with Crippen molar-refractivity contribution in [2.24, 2.45) is 0 Å². The summed E-state index contributed by atoms with van der Waals surface area (Å²) in [5.74, 6) is -2.98. The van der Waals surface area contributed by atoms with Crippen LogP contribution < -0.4 is 5.32 Å². The fraction of sp³-hybridized carbons (Fsp3) is 0.200. The Hall–Kier alpha value is -2.74. The van der Waals surface area contributed by atoms with E-state index in [9.17, 15) is 18.4 Å². The van der Waals surface area contributed by atoms with Crippen LogP contribution in [0, 0.1) is 11.6 Å². The predicted octanol–water partition coefficient (Wildman–Crippen LogP) is 3.52. The second-order valence-electron chi connectivity index (χ2n) is 6.62. The van der Waals surface area contributed by atoms with Gasteiger partial charge in [0, 0.05) is 46.2 Å². The Morgan fingerprint density at radius 2 is 2.00 bits per heavy atom. The molecule has 144 valence electrons. The van der Waals surface area contributed by atoms with Gasteiger partial charge in [-0.3, -0.25) is 9.59 Å². The maximum Gasteiger partial charge on any atom is 0.251 e. The number of aromatic amines is 1. The van der Waals surface area contributed by atoms with Crippen molar-refractivity contribution >= 4 is 38.6 Å². The van der Waals surface area contributed by atoms with Crippen molar-refractivity contribution in [1.29, 1.82) is 0 Å². The Balaban J connectivity index is 1.43. The van der Waals surface area contributed by atoms with Gasteiger partial charge in [-0.25, -0.2) is 8.78 Å². The predicted molar refractivity (Wildman–Crippen MR) is 104 cm³/mol. The molecule has 1 aliphatic rings. The normalized spacial score (nSPS) is 13.5. The average molecular weight is 448 g/mol. The highest BCUT2D eigenvalue weighted by Crippen LogP contribution is 2.31. The van der Waals surface area contributed by atoms with E-state index in [0.717, 1.165) is 38.8 Å². The summed E-state index contributed by atoms with van der Waals surface area (Å²) in [6.07, 6.45) is 0.694. The molecule has 0 spiro atoms. The van der Waals surface area contributed by atoms with Crippen molar-refractivity contribution in [3.8, 4) is 0 Å². The molecular formula is C20H16BrF2N3O2. The van der Waals surface area contributed by atoms with Gasteiger partial charge in [0.25, 0.3) is 5.91 Å². The van der Waals surface area contributed by atoms with Crippen LogP contribution in [0.3, 0.4) is 0 Å². The van der Waals surface area contributed by atoms with Gasteiger partial charge in [-0.1, -0.05) is 12.1 Å². The molecule has 8 heteroatoms. The molecule has 1 aliphatic heterocycles. The van der Waals surface area contributed by atoms with E-state index >= 15 is 0 Å². The minimum atomic E-state index is -1.10. The summed E-state index contributed by atoms with van der Waals surface area (Å²) in [6, 6.07) is 8.79. The Labute approximate surface area is 167 Å². The average Bonchev–Trinajstić information content (AvgIpc) is 3.07. The smallest absolute Gasteiger partial charge is 0.251 e. The lowest BCUT2D eigenvalue weighted by molar-refractivity contribution is -0.131. The number of hydrogen-bond donors (Lipinski definition) is 2. The van der Waals surface area contributed by atoms with Crippen LogP contribution in [0.25, 0.3) is 10.9 Å². The molecule has 0 saturated carbocycles. The highest BCUT2D eigenvalue weighted by molar-refractivity contribution is 9.10. The van der Waals surface area contributed by atoms with Crippen LogP contribution >= 0.6 is 15.9 Å². The first-order valence-corrected chi connectivity index (χ1v) is 9.52. The van der Waals surface area contributed by atoms with Gasteiger partial charge in [0.1, 0.15) is 0 Å². The molecule has 1 aromatic heterocycles. The Kier molecular flexibility index (Phi) is 4.89. The maximum absolute atomic E-state index is 13.3. The van der Waals surface area contributed by atoms with Crippen LogP contribution in [0.2, 0.25) is 0 Å². The molecule has 0 aliphatic carbocycles. The van der Waals surface area contributed by atoms with Crippen LogP contribution in [0.5, 0.6) is 0 Å². The number of halogens is 3. The number of hydrogen-bond acceptors (Lipinski definition) is 2. The number of para-hydroxylation sites is 1. The second kappa shape index (κ2) is 7.35. The van der Waals surface area contributed by atoms with Crippen molar-refractivity contribution in [2.45, 2.75) is 13.0 Å². The number of rotatable bonds is 3. The largest absolute Gasteiger partial charge is 0.357 e. The van der Waals surface area contributed by atoms with Gasteiger partial charge >= 0.3 is 0 Å². The molecule has 0 fully saturated rings. The standard InChI is InChI=1S/C20H16BrF2N3O2/c21-14-3-1-2-12-13-10-26(7-6-17(13)25-19(12)14)18(27)9-24-20(28)11-4-5-15(22)16(23)8-11/h1-5,8,25H,6-7,9-10H2,(H,24,28). The fourth-order valence-electron chi connectivity index (χ4n) is 3.42. The third-order valence-corrected chi connectivity index (χ3v) is 5.56. The Morgan fingerprint density at radius 3 is 2.79 bits per heavy atom. The van der Waals surface area contributed by atoms with E-state index in [0.29, 0.717) is 19.5 Å². The molecule has 0 radical (unpaired) electrons. The van der Waals surface area contributed by atoms with E-state index in [-0.39, 0.29) is 18.0 Å². The van der Waals surface area contributed by atoms with Gasteiger partial charge in [-0.15, -0.1) is 0 Å². The Morgan fingerprint density at radius 1 is 1.18 bits per heavy atom. The molecule has 2 amide bonds. The highest BCUT2D eigenvalue weighted by Gasteiger charge is 2.24. The number of nitrogens with one attached hydrogen (secondary N) is 2. The molecule has 4 rings (SSSR count). The van der Waals surface area contributed by atoms with E-state index in [1.165, 1.54) is 6.07 Å². The van der Waals surface area contributed by atoms with E-state index < -0.39 is 17.5 Å². The van der Waals surface area contributed by atoms with Crippen molar-refractivity contribution < 1.29 is 18.4 Å². The number of amides is 2. The van der Waals surface area contributed by atoms with Crippen molar-refractivity contribution in [3.63, 3.8) is 0 Å². The van der Waals surface area contributed by atoms with Crippen LogP contribution in [0.15, 0.2) is 40.9 Å². The number of carbonyl (C=O) groups excluding carboxylic acids is 2. The van der Waals surface area contributed by atoms with E-state index in [1.807, 2.05) is 18.2 Å². The lowest BCUT2D eigenvalue weighted by atomic mass is 10.0. The lowest BCUT2D eigenvalue weighted by Gasteiger charge is -2.27. The first-order chi connectivity index (χ1) is 13.4. The number of aromatic nitrogens is 1. The molecule has 5 nitrogen and oxygen atoms in total. The SMILES string of the molecule is O=C(NCC(=O)N1CCc2[nH]c3c(Br)cccc3c2C1)c1ccc(F)c(F)c1. The summed E-state index contributed by atoms with van der Waals surface area (Å²) in [5, 5.41) is 3.53. The first kappa shape index (κ1) is 18.6. The number of carbonyl (C=O) groups is 2. The quantitative estimate of drug-likeness (QED) is 0.644. The summed E-state index contributed by atoms with van der Waals surface area (Å²) in [6.45, 7) is 0.780. The molecule has 0 unspecified atom stereocenters. The minimum absolute atomic E-state index is 0.0332. The molecular weight excluding hydrogens is 432 g/mol. The van der Waals surface area contributed by atoms with Crippen LogP contribution in [0.4, 0.5) is 8.78 Å². The number of nitrogens with zero attached hydrogens (tertiary/aromatic N) is 1. The molecule has 0 atom stereocenters. The number of fused-ring (bicyclic) bond motifs is 3. The first-order valence-electron chi connectivity index (χ1n) is 8.73. The maximum atomic E-state index is 13.3. The molecule has 0 saturated heterocycles. The van der Waals surface area contributed by atoms with Crippen molar-refractivity contribution in [3.05, 3.63) is 69.3 Å². The summed E-state index contributed by atoms with van der Waals surface area (Å²) in [4.78, 5) is 29.7. The third-order valence-electron chi connectivity index (χ3n) is 4.89. The fourth-order valence-corrected chi connectivity index (χ4v) is 3.89. The van der Waals surface area contributed by atoms with Gasteiger partial charge in [-0.2, -0.15) is 0 Å². The molecule has 28 heavy (non-hydrogen) atoms. The molecule has 3 aromatic rings. The topological polar surface area (TPSA) is 65.2 Å². The zero-order valence-corrected chi connectivity index (χ0v) is 16.3. The molecule has 2 aromatic carbocycles. The summed E-state index contributed by atoms with van der Waals surface area (Å²) in [5.41, 5.74) is 3.15. The van der Waals surface area contributed by atoms with Gasteiger partial charge in [0.05, 0.1) is 12.1 Å². The monoisotopic (exact) mass is 447 g/mol. The van der Waals surface area contributed by atoms with Crippen molar-refractivity contribution in [1.82, 2.24) is 15.2 Å². The van der Waals surface area contributed by atoms with Gasteiger partial charge in [0.2, 0.25) is 5.91 Å². The zero-order valence-electron chi connectivity index (χ0n) is 14.7. The van der Waals surface area contributed by atoms with Gasteiger partial charge < -0.3 is 15.2 Å². The van der Waals surface area contributed by atoms with E-state index in [1.54, 1.807) is 4.90 Å². The second-order valence-corrected chi connectivity index (χ2v) is 7.48. The molecule has 0 bridgehead atoms. The van der Waals surface area contributed by atoms with E-state index in [4.69, 9.17) is 0 Å². The molecule has 2 heterocycles. The van der Waals surface area contributed by atoms with Crippen molar-refractivity contribution in [2.75, 3.05) is 13.1 Å². The molecule has 2 N–H and O–H groups in total. The zero-order chi connectivity index (χ0) is 19.8. The summed E-state index contributed by atoms with van der Waals surface area (Å²) >= 11 is 3.53.